The summed E-state index contributed by atoms with van der Waals surface area (Å²) in [6, 6.07) is 0.996. The van der Waals surface area contributed by atoms with E-state index in [1.165, 1.54) is 17.9 Å². The van der Waals surface area contributed by atoms with Gasteiger partial charge >= 0.3 is 6.18 Å². The molecular weight excluding hydrogens is 365 g/mol. The molecule has 0 aliphatic heterocycles. The lowest BCUT2D eigenvalue weighted by molar-refractivity contribution is -0.141. The molecule has 0 aromatic carbocycles. The Morgan fingerprint density at radius 2 is 2.00 bits per heavy atom. The normalized spacial score (nSPS) is 14.3. The van der Waals surface area contributed by atoms with Gasteiger partial charge in [0, 0.05) is 31.4 Å². The lowest BCUT2D eigenvalue weighted by atomic mass is 10.2. The van der Waals surface area contributed by atoms with Gasteiger partial charge in [0.1, 0.15) is 6.54 Å². The molecule has 1 fully saturated rings. The predicted octanol–water partition coefficient (Wildman–Crippen LogP) is 1.99. The van der Waals surface area contributed by atoms with Gasteiger partial charge in [-0.1, -0.05) is 0 Å². The molecule has 0 spiro atoms. The van der Waals surface area contributed by atoms with Gasteiger partial charge in [-0.05, 0) is 25.8 Å². The van der Waals surface area contributed by atoms with E-state index in [1.807, 2.05) is 6.92 Å². The number of hydrogen-bond acceptors (Lipinski definition) is 4. The van der Waals surface area contributed by atoms with Crippen molar-refractivity contribution in [3.05, 3.63) is 29.3 Å². The van der Waals surface area contributed by atoms with E-state index in [0.717, 1.165) is 23.6 Å². The predicted molar refractivity (Wildman–Crippen MR) is 89.1 cm³/mol. The topological polar surface area (TPSA) is 93.8 Å². The van der Waals surface area contributed by atoms with E-state index in [1.54, 1.807) is 0 Å². The van der Waals surface area contributed by atoms with Crippen molar-refractivity contribution in [2.75, 3.05) is 12.4 Å². The molecule has 0 saturated heterocycles. The van der Waals surface area contributed by atoms with E-state index >= 15 is 0 Å². The molecule has 8 nitrogen and oxygen atoms in total. The van der Waals surface area contributed by atoms with Gasteiger partial charge < -0.3 is 10.6 Å². The van der Waals surface area contributed by atoms with Crippen molar-refractivity contribution in [2.45, 2.75) is 44.9 Å². The largest absolute Gasteiger partial charge is 0.435 e. The average Bonchev–Trinajstić information content (AvgIpc) is 3.23. The van der Waals surface area contributed by atoms with Crippen LogP contribution < -0.4 is 10.6 Å². The number of hydrogen-bond donors (Lipinski definition) is 2. The number of rotatable bonds is 6. The lowest BCUT2D eigenvalue weighted by Crippen LogP contribution is -2.24. The fourth-order valence-corrected chi connectivity index (χ4v) is 2.69. The Hall–Kier alpha value is -2.85. The van der Waals surface area contributed by atoms with Crippen LogP contribution in [0.1, 0.15) is 47.6 Å². The first-order valence-corrected chi connectivity index (χ1v) is 8.47. The zero-order valence-corrected chi connectivity index (χ0v) is 14.8. The van der Waals surface area contributed by atoms with Crippen LogP contribution in [-0.4, -0.2) is 38.4 Å². The van der Waals surface area contributed by atoms with Crippen LogP contribution in [0.4, 0.5) is 18.9 Å². The van der Waals surface area contributed by atoms with E-state index < -0.39 is 23.7 Å². The number of alkyl halides is 3. The van der Waals surface area contributed by atoms with Gasteiger partial charge in [0.05, 0.1) is 5.69 Å². The first-order chi connectivity index (χ1) is 12.7. The summed E-state index contributed by atoms with van der Waals surface area (Å²) in [6.07, 6.45) is -1.53. The molecule has 2 N–H and O–H groups in total. The number of amides is 2. The number of nitrogens with one attached hydrogen (secondary N) is 2. The summed E-state index contributed by atoms with van der Waals surface area (Å²) in [5.74, 6) is -1.07. The molecule has 1 saturated carbocycles. The second-order valence-corrected chi connectivity index (χ2v) is 6.26. The van der Waals surface area contributed by atoms with Gasteiger partial charge in [0.25, 0.3) is 5.91 Å². The third-order valence-corrected chi connectivity index (χ3v) is 4.19. The number of nitrogens with zero attached hydrogens (tertiary/aromatic N) is 4. The second-order valence-electron chi connectivity index (χ2n) is 6.26. The third kappa shape index (κ3) is 4.12. The molecule has 2 heterocycles. The van der Waals surface area contributed by atoms with Crippen LogP contribution in [0.15, 0.2) is 12.3 Å². The molecule has 0 unspecified atom stereocenters. The Morgan fingerprint density at radius 1 is 1.30 bits per heavy atom. The highest BCUT2D eigenvalue weighted by Crippen LogP contribution is 2.42. The van der Waals surface area contributed by atoms with Gasteiger partial charge in [-0.25, -0.2) is 0 Å². The summed E-state index contributed by atoms with van der Waals surface area (Å²) in [7, 11) is 1.43. The van der Waals surface area contributed by atoms with Gasteiger partial charge in [0.15, 0.2) is 11.4 Å². The van der Waals surface area contributed by atoms with Gasteiger partial charge in [-0.3, -0.25) is 19.0 Å². The minimum atomic E-state index is -4.57. The van der Waals surface area contributed by atoms with Crippen molar-refractivity contribution in [1.29, 1.82) is 0 Å². The molecule has 0 radical (unpaired) electrons. The Kier molecular flexibility index (Phi) is 4.94. The standard InChI is InChI=1S/C16H19F3N6O2/c1-3-24-7-10(14(23-24)15(27)20-2)21-13(26)8-25-11(9-4-5-9)6-12(22-25)16(17,18)19/h6-7,9H,3-5,8H2,1-2H3,(H,20,27)(H,21,26). The lowest BCUT2D eigenvalue weighted by Gasteiger charge is -2.08. The van der Waals surface area contributed by atoms with E-state index in [2.05, 4.69) is 20.8 Å². The second kappa shape index (κ2) is 7.05. The highest BCUT2D eigenvalue weighted by molar-refractivity contribution is 6.02. The van der Waals surface area contributed by atoms with Crippen molar-refractivity contribution in [2.24, 2.45) is 0 Å². The summed E-state index contributed by atoms with van der Waals surface area (Å²) < 4.78 is 41.4. The van der Waals surface area contributed by atoms with Gasteiger partial charge in [-0.15, -0.1) is 0 Å². The Morgan fingerprint density at radius 3 is 2.56 bits per heavy atom. The minimum Gasteiger partial charge on any atom is -0.354 e. The maximum Gasteiger partial charge on any atom is 0.435 e. The number of aryl methyl sites for hydroxylation is 1. The van der Waals surface area contributed by atoms with Crippen molar-refractivity contribution < 1.29 is 22.8 Å². The number of carbonyl (C=O) groups excluding carboxylic acids is 2. The molecule has 2 amide bonds. The summed E-state index contributed by atoms with van der Waals surface area (Å²) in [5.41, 5.74) is -0.390. The molecule has 3 rings (SSSR count). The molecule has 0 bridgehead atoms. The number of anilines is 1. The highest BCUT2D eigenvalue weighted by atomic mass is 19.4. The Bertz CT molecular complexity index is 866. The molecule has 146 valence electrons. The van der Waals surface area contributed by atoms with Crippen molar-refractivity contribution in [3.8, 4) is 0 Å². The summed E-state index contributed by atoms with van der Waals surface area (Å²) in [6.45, 7) is 1.92. The van der Waals surface area contributed by atoms with E-state index in [9.17, 15) is 22.8 Å². The fraction of sp³-hybridized carbons (Fsp3) is 0.500. The molecule has 11 heteroatoms. The Labute approximate surface area is 152 Å². The number of halogens is 3. The SMILES string of the molecule is CCn1cc(NC(=O)Cn2nc(C(F)(F)F)cc2C2CC2)c(C(=O)NC)n1. The number of carbonyl (C=O) groups is 2. The van der Waals surface area contributed by atoms with Crippen LogP contribution in [0.3, 0.4) is 0 Å². The molecule has 27 heavy (non-hydrogen) atoms. The fourth-order valence-electron chi connectivity index (χ4n) is 2.69. The minimum absolute atomic E-state index is 0.00864. The van der Waals surface area contributed by atoms with Crippen molar-refractivity contribution in [1.82, 2.24) is 24.9 Å². The third-order valence-electron chi connectivity index (χ3n) is 4.19. The van der Waals surface area contributed by atoms with Crippen LogP contribution in [0.25, 0.3) is 0 Å². The Balaban J connectivity index is 1.80. The van der Waals surface area contributed by atoms with Crippen molar-refractivity contribution in [3.63, 3.8) is 0 Å². The maximum atomic E-state index is 12.9. The van der Waals surface area contributed by atoms with Crippen LogP contribution in [0, 0.1) is 0 Å². The van der Waals surface area contributed by atoms with E-state index in [0.29, 0.717) is 12.2 Å². The first-order valence-electron chi connectivity index (χ1n) is 8.47. The number of aromatic nitrogens is 4. The molecule has 0 atom stereocenters. The smallest absolute Gasteiger partial charge is 0.354 e. The summed E-state index contributed by atoms with van der Waals surface area (Å²) in [4.78, 5) is 24.3. The average molecular weight is 384 g/mol. The highest BCUT2D eigenvalue weighted by Gasteiger charge is 2.38. The van der Waals surface area contributed by atoms with Gasteiger partial charge in [-0.2, -0.15) is 23.4 Å². The maximum absolute atomic E-state index is 12.9. The van der Waals surface area contributed by atoms with E-state index in [4.69, 9.17) is 0 Å². The van der Waals surface area contributed by atoms with Crippen LogP contribution in [0.2, 0.25) is 0 Å². The van der Waals surface area contributed by atoms with Gasteiger partial charge in [0.2, 0.25) is 5.91 Å². The molecular formula is C16H19F3N6O2. The quantitative estimate of drug-likeness (QED) is 0.797. The summed E-state index contributed by atoms with van der Waals surface area (Å²) >= 11 is 0. The van der Waals surface area contributed by atoms with E-state index in [-0.39, 0.29) is 23.8 Å². The first kappa shape index (κ1) is 18.9. The van der Waals surface area contributed by atoms with Crippen LogP contribution in [-0.2, 0) is 24.1 Å². The molecule has 2 aromatic heterocycles. The zero-order chi connectivity index (χ0) is 19.8. The van der Waals surface area contributed by atoms with Crippen LogP contribution >= 0.6 is 0 Å². The van der Waals surface area contributed by atoms with Crippen LogP contribution in [0.5, 0.6) is 0 Å². The molecule has 1 aliphatic carbocycles. The monoisotopic (exact) mass is 384 g/mol. The molecule has 1 aliphatic rings. The zero-order valence-electron chi connectivity index (χ0n) is 14.8. The summed E-state index contributed by atoms with van der Waals surface area (Å²) in [5, 5.41) is 12.6. The van der Waals surface area contributed by atoms with Crippen molar-refractivity contribution >= 4 is 17.5 Å². The molecule has 2 aromatic rings.